The highest BCUT2D eigenvalue weighted by Crippen LogP contribution is 2.48. The normalized spacial score (nSPS) is 13.0. The highest BCUT2D eigenvalue weighted by Gasteiger charge is 2.42. The Morgan fingerprint density at radius 3 is 2.02 bits per heavy atom. The number of carbonyl (C=O) groups is 1. The summed E-state index contributed by atoms with van der Waals surface area (Å²) in [4.78, 5) is 26.6. The van der Waals surface area contributed by atoms with Gasteiger partial charge in [-0.15, -0.1) is 0 Å². The topological polar surface area (TPSA) is 91.8 Å². The van der Waals surface area contributed by atoms with Crippen LogP contribution >= 0.6 is 31.9 Å². The molecule has 0 unspecified atom stereocenters. The van der Waals surface area contributed by atoms with Crippen molar-refractivity contribution in [2.24, 2.45) is 0 Å². The van der Waals surface area contributed by atoms with Gasteiger partial charge in [0.25, 0.3) is 16.6 Å². The van der Waals surface area contributed by atoms with Crippen molar-refractivity contribution in [2.75, 3.05) is 5.73 Å². The van der Waals surface area contributed by atoms with Gasteiger partial charge in [-0.2, -0.15) is 0 Å². The monoisotopic (exact) mass is 731 g/mol. The first-order valence-electron chi connectivity index (χ1n) is 13.9. The van der Waals surface area contributed by atoms with E-state index in [0.717, 1.165) is 10.9 Å². The Morgan fingerprint density at radius 1 is 0.833 bits per heavy atom. The molecule has 0 atom stereocenters. The number of anilines is 1. The zero-order chi connectivity index (χ0) is 31.6. The summed E-state index contributed by atoms with van der Waals surface area (Å²) in [6.07, 6.45) is 0. The minimum absolute atomic E-state index is 0.0169. The van der Waals surface area contributed by atoms with Crippen molar-refractivity contribution in [2.45, 2.75) is 77.8 Å². The smallest absolute Gasteiger partial charge is 0.325 e. The molecule has 0 spiro atoms. The number of hydrogen-bond acceptors (Lipinski definition) is 6. The lowest BCUT2D eigenvalue weighted by Crippen LogP contribution is -2.43. The van der Waals surface area contributed by atoms with Gasteiger partial charge in [-0.3, -0.25) is 4.79 Å². The van der Waals surface area contributed by atoms with Gasteiger partial charge in [-0.1, -0.05) is 47.6 Å². The Kier molecular flexibility index (Phi) is 8.47. The van der Waals surface area contributed by atoms with Gasteiger partial charge in [0.15, 0.2) is 16.8 Å². The van der Waals surface area contributed by atoms with Crippen molar-refractivity contribution in [3.05, 3.63) is 67.2 Å². The minimum Gasteiger partial charge on any atom is -0.543 e. The van der Waals surface area contributed by atoms with E-state index in [0.29, 0.717) is 48.4 Å². The predicted molar refractivity (Wildman–Crippen MR) is 185 cm³/mol. The van der Waals surface area contributed by atoms with E-state index in [4.69, 9.17) is 19.0 Å². The maximum atomic E-state index is 13.9. The molecule has 4 rings (SSSR count). The summed E-state index contributed by atoms with van der Waals surface area (Å²) in [6, 6.07) is 12.4. The largest absolute Gasteiger partial charge is 0.543 e. The fraction of sp³-hybridized carbons (Fsp3) is 0.375. The molecule has 0 fully saturated rings. The van der Waals surface area contributed by atoms with E-state index in [1.807, 2.05) is 31.3 Å². The number of hydrogen-bond donors (Lipinski definition) is 1. The molecule has 42 heavy (non-hydrogen) atoms. The summed E-state index contributed by atoms with van der Waals surface area (Å²) >= 11 is 7.22. The van der Waals surface area contributed by atoms with Crippen molar-refractivity contribution in [3.8, 4) is 28.2 Å². The summed E-state index contributed by atoms with van der Waals surface area (Å²) < 4.78 is 20.3. The first kappa shape index (κ1) is 32.5. The molecule has 2 aromatic carbocycles. The van der Waals surface area contributed by atoms with E-state index in [2.05, 4.69) is 86.5 Å². The van der Waals surface area contributed by atoms with Gasteiger partial charge in [0.05, 0.1) is 5.56 Å². The highest BCUT2D eigenvalue weighted by molar-refractivity contribution is 9.11. The molecule has 1 heterocycles. The second-order valence-electron chi connectivity index (χ2n) is 13.8. The molecule has 0 saturated carbocycles. The first-order chi connectivity index (χ1) is 19.2. The second-order valence-corrected chi connectivity index (χ2v) is 24.8. The van der Waals surface area contributed by atoms with Gasteiger partial charge in [0, 0.05) is 22.2 Å². The molecule has 0 saturated heterocycles. The molecule has 6 nitrogen and oxygen atoms in total. The van der Waals surface area contributed by atoms with Crippen molar-refractivity contribution in [3.63, 3.8) is 0 Å². The zero-order valence-corrected chi connectivity index (χ0v) is 31.1. The summed E-state index contributed by atoms with van der Waals surface area (Å²) in [7, 11) is -4.63. The number of fused-ring (bicyclic) bond motifs is 2. The van der Waals surface area contributed by atoms with Gasteiger partial charge >= 0.3 is 5.97 Å². The van der Waals surface area contributed by atoms with Gasteiger partial charge in [0.2, 0.25) is 0 Å². The Hall–Kier alpha value is -2.41. The van der Waals surface area contributed by atoms with Crippen molar-refractivity contribution in [1.29, 1.82) is 0 Å². The molecule has 1 aliphatic heterocycles. The van der Waals surface area contributed by atoms with Crippen LogP contribution < -0.4 is 15.6 Å². The molecule has 2 N–H and O–H groups in total. The van der Waals surface area contributed by atoms with E-state index >= 15 is 0 Å². The number of carbonyl (C=O) groups excluding carboxylic acids is 1. The molecule has 2 aliphatic rings. The van der Waals surface area contributed by atoms with E-state index in [9.17, 15) is 9.59 Å². The maximum Gasteiger partial charge on any atom is 0.325 e. The molecular weight excluding hydrogens is 694 g/mol. The van der Waals surface area contributed by atoms with Crippen LogP contribution in [0, 0.1) is 0 Å². The Morgan fingerprint density at radius 2 is 1.43 bits per heavy atom. The fourth-order valence-electron chi connectivity index (χ4n) is 4.10. The van der Waals surface area contributed by atoms with Crippen LogP contribution in [0.4, 0.5) is 5.69 Å². The Bertz CT molecular complexity index is 1730. The third kappa shape index (κ3) is 5.87. The number of nitrogens with two attached hydrogens (primary N) is 1. The van der Waals surface area contributed by atoms with Crippen LogP contribution in [0.2, 0.25) is 36.3 Å². The van der Waals surface area contributed by atoms with Crippen molar-refractivity contribution >= 4 is 71.1 Å². The first-order valence-corrected chi connectivity index (χ1v) is 21.3. The lowest BCUT2D eigenvalue weighted by atomic mass is 9.90. The van der Waals surface area contributed by atoms with Gasteiger partial charge in [-0.25, -0.2) is 4.79 Å². The molecule has 0 radical (unpaired) electrons. The summed E-state index contributed by atoms with van der Waals surface area (Å²) in [5.41, 5.74) is 9.34. The maximum absolute atomic E-state index is 13.9. The van der Waals surface area contributed by atoms with E-state index in [1.54, 1.807) is 18.2 Å². The third-order valence-electron chi connectivity index (χ3n) is 8.72. The van der Waals surface area contributed by atoms with Gasteiger partial charge in [-0.05, 0) is 110 Å². The fourth-order valence-corrected chi connectivity index (χ4v) is 7.09. The zero-order valence-electron chi connectivity index (χ0n) is 25.9. The molecule has 0 amide bonds. The number of rotatable bonds is 5. The average Bonchev–Trinajstić information content (AvgIpc) is 2.85. The van der Waals surface area contributed by atoms with Crippen LogP contribution in [0.3, 0.4) is 0 Å². The van der Waals surface area contributed by atoms with Crippen LogP contribution in [0.15, 0.2) is 60.6 Å². The minimum atomic E-state index is -2.45. The molecular formula is C32H39Br2NO5Si2. The summed E-state index contributed by atoms with van der Waals surface area (Å²) in [6.45, 7) is 21.3. The quantitative estimate of drug-likeness (QED) is 0.125. The van der Waals surface area contributed by atoms with Gasteiger partial charge in [0.1, 0.15) is 14.7 Å². The van der Waals surface area contributed by atoms with Crippen LogP contribution in [0.25, 0.3) is 33.4 Å². The molecule has 1 aliphatic carbocycles. The lowest BCUT2D eigenvalue weighted by Gasteiger charge is -2.36. The number of benzene rings is 3. The van der Waals surface area contributed by atoms with E-state index < -0.39 is 22.6 Å². The second kappa shape index (κ2) is 10.9. The molecule has 0 bridgehead atoms. The highest BCUT2D eigenvalue weighted by atomic mass is 79.9. The summed E-state index contributed by atoms with van der Waals surface area (Å²) in [5, 5.41) is 0.556. The molecule has 0 aromatic heterocycles. The van der Waals surface area contributed by atoms with Crippen molar-refractivity contribution in [1.82, 2.24) is 0 Å². The van der Waals surface area contributed by atoms with E-state index in [-0.39, 0.29) is 15.5 Å². The average molecular weight is 734 g/mol. The lowest BCUT2D eigenvalue weighted by molar-refractivity contribution is 0.0713. The van der Waals surface area contributed by atoms with Gasteiger partial charge < -0.3 is 19.0 Å². The van der Waals surface area contributed by atoms with E-state index in [1.165, 1.54) is 6.07 Å². The van der Waals surface area contributed by atoms with Crippen LogP contribution in [-0.2, 0) is 4.43 Å². The summed E-state index contributed by atoms with van der Waals surface area (Å²) in [5.74, 6) is 0.602. The van der Waals surface area contributed by atoms with Crippen LogP contribution in [0.5, 0.6) is 5.75 Å². The molecule has 10 heteroatoms. The molecule has 2 aromatic rings. The Labute approximate surface area is 266 Å². The Balaban J connectivity index is 2.06. The van der Waals surface area contributed by atoms with Crippen molar-refractivity contribution < 1.29 is 18.1 Å². The van der Waals surface area contributed by atoms with Crippen LogP contribution in [-0.4, -0.2) is 22.6 Å². The predicted octanol–water partition coefficient (Wildman–Crippen LogP) is 10.2. The third-order valence-corrected chi connectivity index (χ3v) is 18.9. The standard InChI is InChI=1S/C32H39Br2NO5Si2/c1-31(2,3)41(7,8)39-24-16-14-21-25(20-13-15-23(36)26(33)28(20)38-29(21)27(24)34)19-12-11-18(35)17-22(19)30(37)40-42(9,10)32(4,5)6/h11-17H,35H2,1-10H3. The number of halogens is 2. The SMILES string of the molecule is CC(C)(C)[Si](C)(C)OC(=O)c1cc(N)ccc1-c1c2ccc(=O)c(Br)c-2oc2c(Br)c(O[Si](C)(C)C(C)(C)C)ccc12. The number of nitrogen functional groups attached to an aromatic ring is 1. The molecule has 224 valence electrons. The van der Waals surface area contributed by atoms with Crippen LogP contribution in [0.1, 0.15) is 51.9 Å².